The SMILES string of the molecule is CCN(CC(=O)NC(C)C)C(=O)[C@@H](N)Cc1ccccc1. The van der Waals surface area contributed by atoms with Crippen LogP contribution < -0.4 is 11.1 Å². The zero-order chi connectivity index (χ0) is 15.8. The van der Waals surface area contributed by atoms with Crippen LogP contribution in [0, 0.1) is 0 Å². The van der Waals surface area contributed by atoms with Crippen molar-refractivity contribution < 1.29 is 9.59 Å². The lowest BCUT2D eigenvalue weighted by atomic mass is 10.1. The molecule has 1 rings (SSSR count). The summed E-state index contributed by atoms with van der Waals surface area (Å²) in [5.41, 5.74) is 6.99. The summed E-state index contributed by atoms with van der Waals surface area (Å²) < 4.78 is 0. The van der Waals surface area contributed by atoms with E-state index in [1.165, 1.54) is 4.90 Å². The minimum Gasteiger partial charge on any atom is -0.352 e. The summed E-state index contributed by atoms with van der Waals surface area (Å²) in [4.78, 5) is 25.6. The fourth-order valence-electron chi connectivity index (χ4n) is 2.08. The summed E-state index contributed by atoms with van der Waals surface area (Å²) >= 11 is 0. The molecule has 1 aromatic rings. The van der Waals surface area contributed by atoms with E-state index in [9.17, 15) is 9.59 Å². The Labute approximate surface area is 126 Å². The highest BCUT2D eigenvalue weighted by Crippen LogP contribution is 2.04. The van der Waals surface area contributed by atoms with E-state index in [0.29, 0.717) is 13.0 Å². The Morgan fingerprint density at radius 2 is 1.86 bits per heavy atom. The van der Waals surface area contributed by atoms with Crippen molar-refractivity contribution in [3.8, 4) is 0 Å². The summed E-state index contributed by atoms with van der Waals surface area (Å²) in [6.07, 6.45) is 0.474. The summed E-state index contributed by atoms with van der Waals surface area (Å²) in [7, 11) is 0. The average Bonchev–Trinajstić information content (AvgIpc) is 2.44. The van der Waals surface area contributed by atoms with Gasteiger partial charge in [0, 0.05) is 12.6 Å². The zero-order valence-electron chi connectivity index (χ0n) is 13.0. The second kappa shape index (κ2) is 8.42. The number of carbonyl (C=O) groups excluding carboxylic acids is 2. The molecule has 0 saturated carbocycles. The van der Waals surface area contributed by atoms with Gasteiger partial charge in [-0.2, -0.15) is 0 Å². The lowest BCUT2D eigenvalue weighted by Gasteiger charge is -2.24. The van der Waals surface area contributed by atoms with Crippen molar-refractivity contribution in [3.63, 3.8) is 0 Å². The van der Waals surface area contributed by atoms with Crippen molar-refractivity contribution in [1.29, 1.82) is 0 Å². The standard InChI is InChI=1S/C16H25N3O2/c1-4-19(11-15(20)18-12(2)3)16(21)14(17)10-13-8-6-5-7-9-13/h5-9,12,14H,4,10-11,17H2,1-3H3,(H,18,20)/t14-/m0/s1. The lowest BCUT2D eigenvalue weighted by Crippen LogP contribution is -2.49. The van der Waals surface area contributed by atoms with Gasteiger partial charge in [-0.15, -0.1) is 0 Å². The first-order valence-electron chi connectivity index (χ1n) is 7.31. The smallest absolute Gasteiger partial charge is 0.240 e. The average molecular weight is 291 g/mol. The van der Waals surface area contributed by atoms with E-state index < -0.39 is 6.04 Å². The summed E-state index contributed by atoms with van der Waals surface area (Å²) in [5.74, 6) is -0.354. The van der Waals surface area contributed by atoms with E-state index in [1.54, 1.807) is 0 Å². The number of likely N-dealkylation sites (N-methyl/N-ethyl adjacent to an activating group) is 1. The number of rotatable bonds is 7. The van der Waals surface area contributed by atoms with Crippen LogP contribution in [0.25, 0.3) is 0 Å². The number of benzene rings is 1. The molecule has 0 aliphatic rings. The Morgan fingerprint density at radius 3 is 2.38 bits per heavy atom. The van der Waals surface area contributed by atoms with Crippen molar-refractivity contribution in [2.45, 2.75) is 39.3 Å². The van der Waals surface area contributed by atoms with E-state index in [0.717, 1.165) is 5.56 Å². The molecule has 21 heavy (non-hydrogen) atoms. The Bertz CT molecular complexity index is 460. The van der Waals surface area contributed by atoms with E-state index in [4.69, 9.17) is 5.73 Å². The first-order valence-corrected chi connectivity index (χ1v) is 7.31. The topological polar surface area (TPSA) is 75.4 Å². The number of hydrogen-bond donors (Lipinski definition) is 2. The Morgan fingerprint density at radius 1 is 1.24 bits per heavy atom. The van der Waals surface area contributed by atoms with E-state index in [-0.39, 0.29) is 24.4 Å². The Balaban J connectivity index is 2.59. The number of nitrogens with one attached hydrogen (secondary N) is 1. The second-order valence-corrected chi connectivity index (χ2v) is 5.37. The highest BCUT2D eigenvalue weighted by Gasteiger charge is 2.22. The van der Waals surface area contributed by atoms with Crippen LogP contribution in [0.5, 0.6) is 0 Å². The molecule has 116 valence electrons. The van der Waals surface area contributed by atoms with Gasteiger partial charge >= 0.3 is 0 Å². The van der Waals surface area contributed by atoms with Crippen LogP contribution in [0.15, 0.2) is 30.3 Å². The van der Waals surface area contributed by atoms with Crippen molar-refractivity contribution in [2.75, 3.05) is 13.1 Å². The lowest BCUT2D eigenvalue weighted by molar-refractivity contribution is -0.137. The number of amides is 2. The molecular formula is C16H25N3O2. The van der Waals surface area contributed by atoms with E-state index in [1.807, 2.05) is 51.1 Å². The fraction of sp³-hybridized carbons (Fsp3) is 0.500. The molecule has 1 aromatic carbocycles. The van der Waals surface area contributed by atoms with Gasteiger partial charge < -0.3 is 16.0 Å². The zero-order valence-corrected chi connectivity index (χ0v) is 13.0. The van der Waals surface area contributed by atoms with Gasteiger partial charge in [-0.05, 0) is 32.8 Å². The molecule has 5 heteroatoms. The van der Waals surface area contributed by atoms with Gasteiger partial charge in [0.1, 0.15) is 0 Å². The third-order valence-corrected chi connectivity index (χ3v) is 3.09. The molecule has 0 saturated heterocycles. The third kappa shape index (κ3) is 5.95. The predicted molar refractivity (Wildman–Crippen MR) is 83.7 cm³/mol. The molecule has 0 aromatic heterocycles. The second-order valence-electron chi connectivity index (χ2n) is 5.37. The maximum absolute atomic E-state index is 12.3. The summed E-state index contributed by atoms with van der Waals surface area (Å²) in [6.45, 7) is 6.13. The monoisotopic (exact) mass is 291 g/mol. The number of nitrogens with zero attached hydrogens (tertiary/aromatic N) is 1. The third-order valence-electron chi connectivity index (χ3n) is 3.09. The van der Waals surface area contributed by atoms with Crippen molar-refractivity contribution in [1.82, 2.24) is 10.2 Å². The van der Waals surface area contributed by atoms with Crippen LogP contribution in [0.3, 0.4) is 0 Å². The molecular weight excluding hydrogens is 266 g/mol. The molecule has 0 unspecified atom stereocenters. The van der Waals surface area contributed by atoms with Crippen molar-refractivity contribution >= 4 is 11.8 Å². The summed E-state index contributed by atoms with van der Waals surface area (Å²) in [6, 6.07) is 9.07. The van der Waals surface area contributed by atoms with Gasteiger partial charge in [0.05, 0.1) is 12.6 Å². The molecule has 0 heterocycles. The van der Waals surface area contributed by atoms with Gasteiger partial charge in [0.2, 0.25) is 11.8 Å². The predicted octanol–water partition coefficient (Wildman–Crippen LogP) is 0.930. The van der Waals surface area contributed by atoms with Crippen LogP contribution >= 0.6 is 0 Å². The van der Waals surface area contributed by atoms with Gasteiger partial charge in [-0.1, -0.05) is 30.3 Å². The molecule has 2 amide bonds. The fourth-order valence-corrected chi connectivity index (χ4v) is 2.08. The first kappa shape index (κ1) is 17.2. The largest absolute Gasteiger partial charge is 0.352 e. The van der Waals surface area contributed by atoms with Gasteiger partial charge in [-0.3, -0.25) is 9.59 Å². The van der Waals surface area contributed by atoms with Crippen LogP contribution in [-0.2, 0) is 16.0 Å². The maximum Gasteiger partial charge on any atom is 0.240 e. The van der Waals surface area contributed by atoms with Crippen LogP contribution in [0.4, 0.5) is 0 Å². The number of carbonyl (C=O) groups is 2. The molecule has 0 radical (unpaired) electrons. The van der Waals surface area contributed by atoms with Gasteiger partial charge in [-0.25, -0.2) is 0 Å². The van der Waals surface area contributed by atoms with Crippen LogP contribution in [0.2, 0.25) is 0 Å². The quantitative estimate of drug-likeness (QED) is 0.784. The maximum atomic E-state index is 12.3. The molecule has 3 N–H and O–H groups in total. The molecule has 0 aliphatic heterocycles. The molecule has 0 bridgehead atoms. The number of hydrogen-bond acceptors (Lipinski definition) is 3. The van der Waals surface area contributed by atoms with Crippen LogP contribution in [0.1, 0.15) is 26.3 Å². The normalized spacial score (nSPS) is 12.0. The molecule has 5 nitrogen and oxygen atoms in total. The van der Waals surface area contributed by atoms with Crippen molar-refractivity contribution in [2.24, 2.45) is 5.73 Å². The first-order chi connectivity index (χ1) is 9.93. The summed E-state index contributed by atoms with van der Waals surface area (Å²) in [5, 5.41) is 2.78. The molecule has 1 atom stereocenters. The highest BCUT2D eigenvalue weighted by atomic mass is 16.2. The van der Waals surface area contributed by atoms with E-state index >= 15 is 0 Å². The van der Waals surface area contributed by atoms with Crippen LogP contribution in [-0.4, -0.2) is 41.9 Å². The van der Waals surface area contributed by atoms with Gasteiger partial charge in [0.25, 0.3) is 0 Å². The Hall–Kier alpha value is -1.88. The number of nitrogens with two attached hydrogens (primary N) is 1. The molecule has 0 spiro atoms. The van der Waals surface area contributed by atoms with Crippen molar-refractivity contribution in [3.05, 3.63) is 35.9 Å². The van der Waals surface area contributed by atoms with E-state index in [2.05, 4.69) is 5.32 Å². The molecule has 0 aliphatic carbocycles. The molecule has 0 fully saturated rings. The highest BCUT2D eigenvalue weighted by molar-refractivity contribution is 5.87. The minimum atomic E-state index is -0.626. The van der Waals surface area contributed by atoms with Gasteiger partial charge in [0.15, 0.2) is 0 Å². The minimum absolute atomic E-state index is 0.0516. The Kier molecular flexibility index (Phi) is 6.88.